The van der Waals surface area contributed by atoms with Crippen LogP contribution in [0.15, 0.2) is 64.9 Å². The van der Waals surface area contributed by atoms with Gasteiger partial charge in [-0.3, -0.25) is 14.5 Å². The number of carbonyl (C=O) groups excluding carboxylic acids is 1. The zero-order valence-electron chi connectivity index (χ0n) is 19.8. The molecule has 36 heavy (non-hydrogen) atoms. The predicted molar refractivity (Wildman–Crippen MR) is 137 cm³/mol. The van der Waals surface area contributed by atoms with Crippen molar-refractivity contribution < 1.29 is 13.2 Å². The van der Waals surface area contributed by atoms with Gasteiger partial charge in [-0.05, 0) is 57.2 Å². The van der Waals surface area contributed by atoms with Gasteiger partial charge in [0.25, 0.3) is 10.0 Å². The van der Waals surface area contributed by atoms with E-state index in [4.69, 9.17) is 0 Å². The highest BCUT2D eigenvalue weighted by atomic mass is 32.2. The molecular weight excluding hydrogens is 500 g/mol. The van der Waals surface area contributed by atoms with Crippen molar-refractivity contribution in [3.05, 3.63) is 66.4 Å². The number of carbonyl (C=O) groups is 1. The molecule has 1 aromatic carbocycles. The molecule has 0 saturated carbocycles. The summed E-state index contributed by atoms with van der Waals surface area (Å²) in [5.41, 5.74) is 2.02. The van der Waals surface area contributed by atoms with Crippen LogP contribution in [0.3, 0.4) is 0 Å². The van der Waals surface area contributed by atoms with E-state index in [1.165, 1.54) is 36.0 Å². The van der Waals surface area contributed by atoms with Gasteiger partial charge in [0.15, 0.2) is 11.0 Å². The molecule has 11 nitrogen and oxygen atoms in total. The number of aryl methyl sites for hydroxylation is 2. The van der Waals surface area contributed by atoms with E-state index in [-0.39, 0.29) is 22.4 Å². The highest BCUT2D eigenvalue weighted by Gasteiger charge is 2.17. The molecule has 0 fully saturated rings. The molecule has 0 bridgehead atoms. The van der Waals surface area contributed by atoms with Crippen LogP contribution in [0.25, 0.3) is 11.4 Å². The molecule has 0 aliphatic heterocycles. The van der Waals surface area contributed by atoms with Crippen molar-refractivity contribution in [2.24, 2.45) is 0 Å². The number of amides is 1. The second-order valence-electron chi connectivity index (χ2n) is 7.69. The monoisotopic (exact) mass is 524 g/mol. The first-order valence-electron chi connectivity index (χ1n) is 11.0. The topological polar surface area (TPSA) is 145 Å². The first-order chi connectivity index (χ1) is 17.2. The summed E-state index contributed by atoms with van der Waals surface area (Å²) >= 11 is 1.27. The standard InChI is InChI=1S/C23H24N8O3S2/c1-4-31-22(17-9-11-24-12-10-17)28-29-23(31)35-14-21(32)27-18-5-7-19(8-6-18)36(33,34)30-20-13-15(2)25-16(3)26-20/h5-13H,4,14H2,1-3H3,(H,27,32)(H,25,26,30). The lowest BCUT2D eigenvalue weighted by molar-refractivity contribution is -0.113. The quantitative estimate of drug-likeness (QED) is 0.315. The number of aromatic nitrogens is 6. The molecular formula is C23H24N8O3S2. The lowest BCUT2D eigenvalue weighted by Crippen LogP contribution is -2.16. The molecule has 0 aliphatic rings. The third kappa shape index (κ3) is 6.04. The van der Waals surface area contributed by atoms with Gasteiger partial charge in [-0.25, -0.2) is 18.4 Å². The van der Waals surface area contributed by atoms with Crippen molar-refractivity contribution in [1.82, 2.24) is 29.7 Å². The fourth-order valence-electron chi connectivity index (χ4n) is 3.41. The molecule has 3 aromatic heterocycles. The first kappa shape index (κ1) is 25.3. The van der Waals surface area contributed by atoms with E-state index < -0.39 is 10.0 Å². The molecule has 0 unspecified atom stereocenters. The largest absolute Gasteiger partial charge is 0.325 e. The van der Waals surface area contributed by atoms with Crippen molar-refractivity contribution in [2.45, 2.75) is 37.4 Å². The molecule has 13 heteroatoms. The highest BCUT2D eigenvalue weighted by Crippen LogP contribution is 2.24. The molecule has 0 atom stereocenters. The smallest absolute Gasteiger partial charge is 0.263 e. The van der Waals surface area contributed by atoms with Crippen LogP contribution in [-0.4, -0.2) is 49.8 Å². The Bertz CT molecular complexity index is 1450. The molecule has 4 aromatic rings. The maximum absolute atomic E-state index is 12.7. The number of anilines is 2. The van der Waals surface area contributed by atoms with E-state index in [1.807, 2.05) is 23.6 Å². The molecule has 0 spiro atoms. The Kier molecular flexibility index (Phi) is 7.60. The number of hydrogen-bond donors (Lipinski definition) is 2. The Balaban J connectivity index is 1.37. The Morgan fingerprint density at radius 1 is 1.03 bits per heavy atom. The van der Waals surface area contributed by atoms with Gasteiger partial charge in [-0.2, -0.15) is 0 Å². The van der Waals surface area contributed by atoms with Crippen LogP contribution < -0.4 is 10.0 Å². The van der Waals surface area contributed by atoms with E-state index in [2.05, 4.69) is 35.2 Å². The number of benzene rings is 1. The number of nitrogens with one attached hydrogen (secondary N) is 2. The molecule has 3 heterocycles. The van der Waals surface area contributed by atoms with Gasteiger partial charge in [0.05, 0.1) is 10.6 Å². The number of thioether (sulfide) groups is 1. The number of rotatable bonds is 9. The second-order valence-corrected chi connectivity index (χ2v) is 10.3. The van der Waals surface area contributed by atoms with Crippen LogP contribution in [0.4, 0.5) is 11.5 Å². The van der Waals surface area contributed by atoms with E-state index in [0.717, 1.165) is 5.56 Å². The molecule has 1 amide bonds. The van der Waals surface area contributed by atoms with Crippen molar-refractivity contribution in [3.63, 3.8) is 0 Å². The lowest BCUT2D eigenvalue weighted by Gasteiger charge is -2.10. The van der Waals surface area contributed by atoms with Crippen molar-refractivity contribution in [1.29, 1.82) is 0 Å². The summed E-state index contributed by atoms with van der Waals surface area (Å²) in [6, 6.07) is 11.2. The van der Waals surface area contributed by atoms with Gasteiger partial charge >= 0.3 is 0 Å². The Morgan fingerprint density at radius 3 is 2.42 bits per heavy atom. The Hall–Kier alpha value is -3.84. The SMILES string of the molecule is CCn1c(SCC(=O)Nc2ccc(S(=O)(=O)Nc3cc(C)nc(C)n3)cc2)nnc1-c1ccncc1. The number of sulfonamides is 1. The van der Waals surface area contributed by atoms with E-state index >= 15 is 0 Å². The summed E-state index contributed by atoms with van der Waals surface area (Å²) in [6.45, 7) is 6.07. The summed E-state index contributed by atoms with van der Waals surface area (Å²) in [6.07, 6.45) is 3.38. The van der Waals surface area contributed by atoms with Crippen LogP contribution >= 0.6 is 11.8 Å². The third-order valence-corrected chi connectivity index (χ3v) is 7.29. The Labute approximate surface area is 212 Å². The zero-order valence-corrected chi connectivity index (χ0v) is 21.5. The first-order valence-corrected chi connectivity index (χ1v) is 13.4. The van der Waals surface area contributed by atoms with Crippen molar-refractivity contribution in [3.8, 4) is 11.4 Å². The van der Waals surface area contributed by atoms with Crippen LogP contribution in [0.2, 0.25) is 0 Å². The maximum Gasteiger partial charge on any atom is 0.263 e. The van der Waals surface area contributed by atoms with Gasteiger partial charge in [-0.1, -0.05) is 11.8 Å². The summed E-state index contributed by atoms with van der Waals surface area (Å²) in [5.74, 6) is 1.23. The van der Waals surface area contributed by atoms with E-state index in [1.54, 1.807) is 32.3 Å². The summed E-state index contributed by atoms with van der Waals surface area (Å²) in [4.78, 5) is 24.8. The van der Waals surface area contributed by atoms with E-state index in [9.17, 15) is 13.2 Å². The molecule has 0 aliphatic carbocycles. The summed E-state index contributed by atoms with van der Waals surface area (Å²) in [5, 5.41) is 11.9. The van der Waals surface area contributed by atoms with Crippen LogP contribution in [0.1, 0.15) is 18.4 Å². The number of pyridine rings is 1. The third-order valence-electron chi connectivity index (χ3n) is 4.96. The summed E-state index contributed by atoms with van der Waals surface area (Å²) < 4.78 is 29.8. The van der Waals surface area contributed by atoms with Gasteiger partial charge < -0.3 is 9.88 Å². The van der Waals surface area contributed by atoms with Crippen LogP contribution in [-0.2, 0) is 21.4 Å². The fourth-order valence-corrected chi connectivity index (χ4v) is 5.20. The lowest BCUT2D eigenvalue weighted by atomic mass is 10.2. The minimum absolute atomic E-state index is 0.0449. The van der Waals surface area contributed by atoms with Crippen molar-refractivity contribution in [2.75, 3.05) is 15.8 Å². The molecule has 0 radical (unpaired) electrons. The fraction of sp³-hybridized carbons (Fsp3) is 0.217. The van der Waals surface area contributed by atoms with Gasteiger partial charge in [0.2, 0.25) is 5.91 Å². The van der Waals surface area contributed by atoms with Gasteiger partial charge in [0.1, 0.15) is 11.6 Å². The maximum atomic E-state index is 12.7. The normalized spacial score (nSPS) is 11.3. The number of nitrogens with zero attached hydrogens (tertiary/aromatic N) is 6. The molecule has 4 rings (SSSR count). The number of hydrogen-bond acceptors (Lipinski definition) is 9. The Morgan fingerprint density at radius 2 is 1.75 bits per heavy atom. The second kappa shape index (κ2) is 10.8. The average molecular weight is 525 g/mol. The van der Waals surface area contributed by atoms with E-state index in [0.29, 0.717) is 34.7 Å². The van der Waals surface area contributed by atoms with Crippen LogP contribution in [0, 0.1) is 13.8 Å². The molecule has 2 N–H and O–H groups in total. The minimum atomic E-state index is -3.85. The highest BCUT2D eigenvalue weighted by molar-refractivity contribution is 7.99. The molecule has 0 saturated heterocycles. The summed E-state index contributed by atoms with van der Waals surface area (Å²) in [7, 11) is -3.85. The van der Waals surface area contributed by atoms with Gasteiger partial charge in [-0.15, -0.1) is 10.2 Å². The predicted octanol–water partition coefficient (Wildman–Crippen LogP) is 3.30. The van der Waals surface area contributed by atoms with Crippen molar-refractivity contribution >= 4 is 39.2 Å². The van der Waals surface area contributed by atoms with Crippen LogP contribution in [0.5, 0.6) is 0 Å². The average Bonchev–Trinajstić information content (AvgIpc) is 3.25. The zero-order chi connectivity index (χ0) is 25.7. The van der Waals surface area contributed by atoms with Gasteiger partial charge in [0, 0.05) is 41.9 Å². The molecule has 186 valence electrons. The minimum Gasteiger partial charge on any atom is -0.325 e.